The second-order valence-corrected chi connectivity index (χ2v) is 4.50. The molecule has 1 aliphatic heterocycles. The highest BCUT2D eigenvalue weighted by atomic mass is 15.2. The molecule has 2 N–H and O–H groups in total. The lowest BCUT2D eigenvalue weighted by Gasteiger charge is -2.43. The summed E-state index contributed by atoms with van der Waals surface area (Å²) in [5, 5.41) is 0. The second kappa shape index (κ2) is 4.33. The fourth-order valence-corrected chi connectivity index (χ4v) is 2.24. The summed E-state index contributed by atoms with van der Waals surface area (Å²) in [6.45, 7) is 6.46. The third-order valence-electron chi connectivity index (χ3n) is 3.57. The molecule has 1 heterocycles. The number of hydrogen-bond acceptors (Lipinski definition) is 2. The molecule has 0 amide bonds. The molecule has 2 atom stereocenters. The largest absolute Gasteiger partial charge is 0.326 e. The van der Waals surface area contributed by atoms with Crippen LogP contribution in [0.5, 0.6) is 0 Å². The van der Waals surface area contributed by atoms with Crippen LogP contribution in [0, 0.1) is 0 Å². The van der Waals surface area contributed by atoms with Crippen molar-refractivity contribution in [2.45, 2.75) is 38.9 Å². The van der Waals surface area contributed by atoms with E-state index in [1.165, 1.54) is 24.1 Å². The maximum Gasteiger partial charge on any atom is 0.0322 e. The van der Waals surface area contributed by atoms with Gasteiger partial charge in [-0.15, -0.1) is 0 Å². The van der Waals surface area contributed by atoms with Gasteiger partial charge in [0.15, 0.2) is 0 Å². The van der Waals surface area contributed by atoms with Crippen molar-refractivity contribution in [3.63, 3.8) is 0 Å². The number of nitrogens with two attached hydrogens (primary N) is 1. The molecule has 1 aliphatic rings. The minimum Gasteiger partial charge on any atom is -0.326 e. The zero-order chi connectivity index (χ0) is 10.8. The van der Waals surface area contributed by atoms with Crippen LogP contribution in [0.25, 0.3) is 0 Å². The van der Waals surface area contributed by atoms with Crippen molar-refractivity contribution in [2.75, 3.05) is 6.54 Å². The van der Waals surface area contributed by atoms with Gasteiger partial charge in [0.05, 0.1) is 0 Å². The van der Waals surface area contributed by atoms with Gasteiger partial charge in [-0.3, -0.25) is 4.90 Å². The molecule has 1 fully saturated rings. The number of likely N-dealkylation sites (tertiary alicyclic amines) is 1. The summed E-state index contributed by atoms with van der Waals surface area (Å²) in [7, 11) is 0. The van der Waals surface area contributed by atoms with Crippen molar-refractivity contribution in [2.24, 2.45) is 5.73 Å². The summed E-state index contributed by atoms with van der Waals surface area (Å²) in [5.74, 6) is 0. The van der Waals surface area contributed by atoms with E-state index >= 15 is 0 Å². The van der Waals surface area contributed by atoms with Crippen LogP contribution in [0.2, 0.25) is 0 Å². The molecule has 82 valence electrons. The van der Waals surface area contributed by atoms with E-state index in [0.29, 0.717) is 12.6 Å². The van der Waals surface area contributed by atoms with Crippen molar-refractivity contribution in [1.82, 2.24) is 4.90 Å². The third-order valence-corrected chi connectivity index (χ3v) is 3.57. The zero-order valence-electron chi connectivity index (χ0n) is 9.61. The first kappa shape index (κ1) is 10.7. The Morgan fingerprint density at radius 1 is 1.40 bits per heavy atom. The van der Waals surface area contributed by atoms with Gasteiger partial charge in [0, 0.05) is 25.2 Å². The molecule has 0 saturated carbocycles. The standard InChI is InChI=1S/C13H20N2/c1-10-7-8-15(10)11(2)13-5-3-12(9-14)4-6-13/h3-6,10-11H,7-9,14H2,1-2H3. The summed E-state index contributed by atoms with van der Waals surface area (Å²) < 4.78 is 0. The maximum absolute atomic E-state index is 5.58. The van der Waals surface area contributed by atoms with E-state index in [9.17, 15) is 0 Å². The zero-order valence-corrected chi connectivity index (χ0v) is 9.61. The molecule has 2 unspecified atom stereocenters. The highest BCUT2D eigenvalue weighted by molar-refractivity contribution is 5.25. The minimum atomic E-state index is 0.542. The van der Waals surface area contributed by atoms with E-state index in [2.05, 4.69) is 43.0 Å². The molecule has 0 bridgehead atoms. The maximum atomic E-state index is 5.58. The summed E-state index contributed by atoms with van der Waals surface area (Å²) in [6, 6.07) is 9.97. The minimum absolute atomic E-state index is 0.542. The van der Waals surface area contributed by atoms with E-state index in [4.69, 9.17) is 5.73 Å². The summed E-state index contributed by atoms with van der Waals surface area (Å²) in [5.41, 5.74) is 8.20. The smallest absolute Gasteiger partial charge is 0.0322 e. The van der Waals surface area contributed by atoms with Crippen LogP contribution in [0.15, 0.2) is 24.3 Å². The number of nitrogens with zero attached hydrogens (tertiary/aromatic N) is 1. The van der Waals surface area contributed by atoms with Gasteiger partial charge in [0.1, 0.15) is 0 Å². The highest BCUT2D eigenvalue weighted by Gasteiger charge is 2.28. The number of benzene rings is 1. The fraction of sp³-hybridized carbons (Fsp3) is 0.538. The molecule has 1 aromatic rings. The first-order chi connectivity index (χ1) is 7.22. The molecular formula is C13H20N2. The number of hydrogen-bond donors (Lipinski definition) is 1. The Morgan fingerprint density at radius 3 is 2.47 bits per heavy atom. The molecule has 0 aromatic heterocycles. The molecule has 2 heteroatoms. The van der Waals surface area contributed by atoms with Crippen molar-refractivity contribution >= 4 is 0 Å². The van der Waals surface area contributed by atoms with E-state index in [1.54, 1.807) is 0 Å². The van der Waals surface area contributed by atoms with Crippen LogP contribution in [-0.4, -0.2) is 17.5 Å². The Bertz CT molecular complexity index is 318. The van der Waals surface area contributed by atoms with Crippen LogP contribution in [-0.2, 0) is 6.54 Å². The van der Waals surface area contributed by atoms with Gasteiger partial charge in [-0.25, -0.2) is 0 Å². The van der Waals surface area contributed by atoms with Crippen molar-refractivity contribution in [1.29, 1.82) is 0 Å². The normalized spacial score (nSPS) is 23.5. The van der Waals surface area contributed by atoms with Gasteiger partial charge in [0.2, 0.25) is 0 Å². The highest BCUT2D eigenvalue weighted by Crippen LogP contribution is 2.29. The van der Waals surface area contributed by atoms with Crippen LogP contribution < -0.4 is 5.73 Å². The molecule has 2 rings (SSSR count). The Hall–Kier alpha value is -0.860. The first-order valence-corrected chi connectivity index (χ1v) is 5.77. The molecular weight excluding hydrogens is 184 g/mol. The Balaban J connectivity index is 2.08. The monoisotopic (exact) mass is 204 g/mol. The molecule has 0 aliphatic carbocycles. The fourth-order valence-electron chi connectivity index (χ4n) is 2.24. The lowest BCUT2D eigenvalue weighted by atomic mass is 9.97. The van der Waals surface area contributed by atoms with Crippen molar-refractivity contribution < 1.29 is 0 Å². The van der Waals surface area contributed by atoms with Crippen LogP contribution in [0.1, 0.15) is 37.4 Å². The van der Waals surface area contributed by atoms with Crippen molar-refractivity contribution in [3.8, 4) is 0 Å². The Kier molecular flexibility index (Phi) is 3.08. The van der Waals surface area contributed by atoms with Gasteiger partial charge in [-0.2, -0.15) is 0 Å². The van der Waals surface area contributed by atoms with E-state index in [-0.39, 0.29) is 0 Å². The van der Waals surface area contributed by atoms with E-state index < -0.39 is 0 Å². The molecule has 0 spiro atoms. The lowest BCUT2D eigenvalue weighted by Crippen LogP contribution is -2.46. The lowest BCUT2D eigenvalue weighted by molar-refractivity contribution is 0.0604. The second-order valence-electron chi connectivity index (χ2n) is 4.50. The Morgan fingerprint density at radius 2 is 2.07 bits per heavy atom. The molecule has 1 saturated heterocycles. The summed E-state index contributed by atoms with van der Waals surface area (Å²) in [4.78, 5) is 2.54. The van der Waals surface area contributed by atoms with E-state index in [1.807, 2.05) is 0 Å². The summed E-state index contributed by atoms with van der Waals surface area (Å²) in [6.07, 6.45) is 1.34. The first-order valence-electron chi connectivity index (χ1n) is 5.77. The average Bonchev–Trinajstić information content (AvgIpc) is 2.27. The van der Waals surface area contributed by atoms with Crippen LogP contribution in [0.3, 0.4) is 0 Å². The van der Waals surface area contributed by atoms with Crippen molar-refractivity contribution in [3.05, 3.63) is 35.4 Å². The molecule has 15 heavy (non-hydrogen) atoms. The third kappa shape index (κ3) is 2.06. The average molecular weight is 204 g/mol. The molecule has 2 nitrogen and oxygen atoms in total. The van der Waals surface area contributed by atoms with Gasteiger partial charge >= 0.3 is 0 Å². The summed E-state index contributed by atoms with van der Waals surface area (Å²) >= 11 is 0. The predicted octanol–water partition coefficient (Wildman–Crippen LogP) is 2.30. The van der Waals surface area contributed by atoms with Gasteiger partial charge in [-0.05, 0) is 31.4 Å². The van der Waals surface area contributed by atoms with Gasteiger partial charge in [0.25, 0.3) is 0 Å². The predicted molar refractivity (Wildman–Crippen MR) is 63.5 cm³/mol. The number of rotatable bonds is 3. The molecule has 0 radical (unpaired) electrons. The SMILES string of the molecule is CC1CCN1C(C)c1ccc(CN)cc1. The van der Waals surface area contributed by atoms with E-state index in [0.717, 1.165) is 6.04 Å². The topological polar surface area (TPSA) is 29.3 Å². The Labute approximate surface area is 92.1 Å². The van der Waals surface area contributed by atoms with Crippen LogP contribution in [0.4, 0.5) is 0 Å². The molecule has 1 aromatic carbocycles. The van der Waals surface area contributed by atoms with Crippen LogP contribution >= 0.6 is 0 Å². The quantitative estimate of drug-likeness (QED) is 0.818. The van der Waals surface area contributed by atoms with Gasteiger partial charge in [-0.1, -0.05) is 24.3 Å². The van der Waals surface area contributed by atoms with Gasteiger partial charge < -0.3 is 5.73 Å².